The highest BCUT2D eigenvalue weighted by Crippen LogP contribution is 2.31. The van der Waals surface area contributed by atoms with Crippen LogP contribution in [0.5, 0.6) is 0 Å². The number of amides is 1. The Bertz CT molecular complexity index is 316. The molecule has 0 spiro atoms. The van der Waals surface area contributed by atoms with Gasteiger partial charge < -0.3 is 16.0 Å². The summed E-state index contributed by atoms with van der Waals surface area (Å²) in [6, 6.07) is 0. The van der Waals surface area contributed by atoms with Gasteiger partial charge >= 0.3 is 0 Å². The maximum Gasteiger partial charge on any atom is 0.219 e. The van der Waals surface area contributed by atoms with E-state index in [0.717, 1.165) is 32.5 Å². The summed E-state index contributed by atoms with van der Waals surface area (Å²) < 4.78 is 0. The Morgan fingerprint density at radius 1 is 1.38 bits per heavy atom. The van der Waals surface area contributed by atoms with E-state index in [1.54, 1.807) is 0 Å². The minimum absolute atomic E-state index is 0.0711. The number of hydrogen-bond acceptors (Lipinski definition) is 3. The molecule has 0 aromatic rings. The van der Waals surface area contributed by atoms with Crippen LogP contribution in [0, 0.1) is 0 Å². The molecule has 2 aliphatic heterocycles. The van der Waals surface area contributed by atoms with Crippen LogP contribution in [0.4, 0.5) is 0 Å². The molecule has 0 radical (unpaired) electrons. The zero-order valence-corrected chi connectivity index (χ0v) is 9.48. The van der Waals surface area contributed by atoms with Crippen molar-refractivity contribution in [3.63, 3.8) is 0 Å². The molecular formula is C12H19N3O. The quantitative estimate of drug-likeness (QED) is 0.724. The van der Waals surface area contributed by atoms with Gasteiger partial charge in [0.2, 0.25) is 5.91 Å². The number of allylic oxidation sites excluding steroid dienone is 2. The molecule has 0 unspecified atom stereocenters. The number of rotatable bonds is 3. The van der Waals surface area contributed by atoms with Gasteiger partial charge in [-0.3, -0.25) is 4.79 Å². The van der Waals surface area contributed by atoms with Crippen LogP contribution in [0.1, 0.15) is 19.3 Å². The van der Waals surface area contributed by atoms with Crippen molar-refractivity contribution >= 4 is 5.91 Å². The Morgan fingerprint density at radius 2 is 2.12 bits per heavy atom. The summed E-state index contributed by atoms with van der Waals surface area (Å²) in [5.41, 5.74) is 5.32. The van der Waals surface area contributed by atoms with Crippen LogP contribution >= 0.6 is 0 Å². The van der Waals surface area contributed by atoms with E-state index in [0.29, 0.717) is 6.42 Å². The van der Waals surface area contributed by atoms with Crippen molar-refractivity contribution in [2.45, 2.75) is 24.8 Å². The van der Waals surface area contributed by atoms with Gasteiger partial charge in [-0.2, -0.15) is 0 Å². The summed E-state index contributed by atoms with van der Waals surface area (Å²) in [6.07, 6.45) is 10.7. The molecule has 3 N–H and O–H groups in total. The molecule has 0 bridgehead atoms. The van der Waals surface area contributed by atoms with Crippen molar-refractivity contribution in [2.24, 2.45) is 5.73 Å². The topological polar surface area (TPSA) is 58.4 Å². The third kappa shape index (κ3) is 2.27. The van der Waals surface area contributed by atoms with Crippen molar-refractivity contribution < 1.29 is 4.79 Å². The lowest BCUT2D eigenvalue weighted by molar-refractivity contribution is -0.121. The molecule has 0 aromatic heterocycles. The Balaban J connectivity index is 2.15. The van der Waals surface area contributed by atoms with E-state index < -0.39 is 0 Å². The Labute approximate surface area is 96.2 Å². The summed E-state index contributed by atoms with van der Waals surface area (Å²) in [7, 11) is 0. The van der Waals surface area contributed by atoms with Crippen molar-refractivity contribution in [3.05, 3.63) is 24.4 Å². The molecule has 4 heteroatoms. The zero-order valence-electron chi connectivity index (χ0n) is 9.48. The molecule has 4 nitrogen and oxygen atoms in total. The SMILES string of the molecule is NC(=O)CC1(N2C=CC=CC2)CCNCC1. The van der Waals surface area contributed by atoms with Crippen LogP contribution in [0.3, 0.4) is 0 Å². The van der Waals surface area contributed by atoms with Gasteiger partial charge in [-0.1, -0.05) is 12.2 Å². The van der Waals surface area contributed by atoms with Crippen LogP contribution in [0.15, 0.2) is 24.4 Å². The van der Waals surface area contributed by atoms with E-state index in [1.807, 2.05) is 12.2 Å². The first-order chi connectivity index (χ1) is 7.73. The largest absolute Gasteiger partial charge is 0.370 e. The second-order valence-corrected chi connectivity index (χ2v) is 4.54. The molecule has 2 rings (SSSR count). The number of primary amides is 1. The fraction of sp³-hybridized carbons (Fsp3) is 0.583. The van der Waals surface area contributed by atoms with Gasteiger partial charge in [0.25, 0.3) is 0 Å². The highest BCUT2D eigenvalue weighted by Gasteiger charge is 2.37. The van der Waals surface area contributed by atoms with E-state index in [-0.39, 0.29) is 11.4 Å². The van der Waals surface area contributed by atoms with Crippen molar-refractivity contribution in [1.29, 1.82) is 0 Å². The van der Waals surface area contributed by atoms with Gasteiger partial charge in [0.15, 0.2) is 0 Å². The maximum absolute atomic E-state index is 11.2. The molecule has 1 amide bonds. The zero-order chi connectivity index (χ0) is 11.4. The fourth-order valence-electron chi connectivity index (χ4n) is 2.60. The number of piperidine rings is 1. The minimum atomic E-state index is -0.204. The van der Waals surface area contributed by atoms with Crippen LogP contribution in [0.2, 0.25) is 0 Å². The summed E-state index contributed by atoms with van der Waals surface area (Å²) in [6.45, 7) is 2.80. The standard InChI is InChI=1S/C12H19N3O/c13-11(16)10-12(4-6-14-7-5-12)15-8-2-1-3-9-15/h1-3,8,14H,4-7,9-10H2,(H2,13,16). The van der Waals surface area contributed by atoms with E-state index in [1.165, 1.54) is 0 Å². The van der Waals surface area contributed by atoms with Crippen LogP contribution in [-0.2, 0) is 4.79 Å². The Hall–Kier alpha value is -1.29. The number of nitrogens with two attached hydrogens (primary N) is 1. The lowest BCUT2D eigenvalue weighted by Crippen LogP contribution is -2.54. The van der Waals surface area contributed by atoms with Gasteiger partial charge in [-0.25, -0.2) is 0 Å². The fourth-order valence-corrected chi connectivity index (χ4v) is 2.60. The number of hydrogen-bond donors (Lipinski definition) is 2. The number of carbonyl (C=O) groups is 1. The molecule has 88 valence electrons. The van der Waals surface area contributed by atoms with Gasteiger partial charge in [0.1, 0.15) is 0 Å². The molecular weight excluding hydrogens is 202 g/mol. The molecule has 0 saturated carbocycles. The molecule has 0 aliphatic carbocycles. The van der Waals surface area contributed by atoms with Gasteiger partial charge in [0.05, 0.1) is 5.54 Å². The highest BCUT2D eigenvalue weighted by molar-refractivity contribution is 5.75. The lowest BCUT2D eigenvalue weighted by atomic mass is 9.83. The Morgan fingerprint density at radius 3 is 2.69 bits per heavy atom. The minimum Gasteiger partial charge on any atom is -0.370 e. The summed E-state index contributed by atoms with van der Waals surface area (Å²) in [5, 5.41) is 3.33. The number of nitrogens with one attached hydrogen (secondary N) is 1. The predicted molar refractivity (Wildman–Crippen MR) is 63.6 cm³/mol. The van der Waals surface area contributed by atoms with Crippen LogP contribution in [-0.4, -0.2) is 36.0 Å². The first-order valence-electron chi connectivity index (χ1n) is 5.82. The molecule has 0 aromatic carbocycles. The highest BCUT2D eigenvalue weighted by atomic mass is 16.1. The van der Waals surface area contributed by atoms with E-state index >= 15 is 0 Å². The van der Waals surface area contributed by atoms with Crippen molar-refractivity contribution in [2.75, 3.05) is 19.6 Å². The molecule has 1 fully saturated rings. The van der Waals surface area contributed by atoms with Crippen molar-refractivity contribution in [3.8, 4) is 0 Å². The van der Waals surface area contributed by atoms with Crippen LogP contribution < -0.4 is 11.1 Å². The molecule has 16 heavy (non-hydrogen) atoms. The maximum atomic E-state index is 11.2. The summed E-state index contributed by atoms with van der Waals surface area (Å²) in [5.74, 6) is -0.204. The van der Waals surface area contributed by atoms with Gasteiger partial charge in [0, 0.05) is 13.0 Å². The third-order valence-electron chi connectivity index (χ3n) is 3.46. The van der Waals surface area contributed by atoms with E-state index in [2.05, 4.69) is 22.5 Å². The van der Waals surface area contributed by atoms with E-state index in [9.17, 15) is 4.79 Å². The molecule has 0 atom stereocenters. The third-order valence-corrected chi connectivity index (χ3v) is 3.46. The average molecular weight is 221 g/mol. The molecule has 1 saturated heterocycles. The summed E-state index contributed by atoms with van der Waals surface area (Å²) in [4.78, 5) is 13.5. The average Bonchev–Trinajstić information content (AvgIpc) is 2.30. The molecule has 2 heterocycles. The predicted octanol–water partition coefficient (Wildman–Crippen LogP) is 0.369. The van der Waals surface area contributed by atoms with Gasteiger partial charge in [-0.15, -0.1) is 0 Å². The lowest BCUT2D eigenvalue weighted by Gasteiger charge is -2.46. The summed E-state index contributed by atoms with van der Waals surface area (Å²) >= 11 is 0. The second kappa shape index (κ2) is 4.70. The van der Waals surface area contributed by atoms with Crippen LogP contribution in [0.25, 0.3) is 0 Å². The monoisotopic (exact) mass is 221 g/mol. The second-order valence-electron chi connectivity index (χ2n) is 4.54. The van der Waals surface area contributed by atoms with E-state index in [4.69, 9.17) is 5.73 Å². The normalized spacial score (nSPS) is 23.4. The first kappa shape index (κ1) is 11.2. The van der Waals surface area contributed by atoms with Crippen molar-refractivity contribution in [1.82, 2.24) is 10.2 Å². The number of carbonyl (C=O) groups excluding carboxylic acids is 1. The smallest absolute Gasteiger partial charge is 0.219 e. The van der Waals surface area contributed by atoms with Gasteiger partial charge in [-0.05, 0) is 38.2 Å². The Kier molecular flexibility index (Phi) is 3.29. The first-order valence-corrected chi connectivity index (χ1v) is 5.82. The molecule has 2 aliphatic rings. The number of nitrogens with zero attached hydrogens (tertiary/aromatic N) is 1.